The maximum absolute atomic E-state index is 11.4. The highest BCUT2D eigenvalue weighted by atomic mass is 16.5. The van der Waals surface area contributed by atoms with Gasteiger partial charge in [-0.25, -0.2) is 0 Å². The summed E-state index contributed by atoms with van der Waals surface area (Å²) in [5, 5.41) is 6.10. The van der Waals surface area contributed by atoms with Crippen LogP contribution in [0.15, 0.2) is 0 Å². The molecule has 1 unspecified atom stereocenters. The number of hydrogen-bond donors (Lipinski definition) is 2. The predicted octanol–water partition coefficient (Wildman–Crippen LogP) is 1.16. The fourth-order valence-corrected chi connectivity index (χ4v) is 1.88. The monoisotopic (exact) mass is 242 g/mol. The van der Waals surface area contributed by atoms with Crippen LogP contribution in [-0.4, -0.2) is 38.8 Å². The van der Waals surface area contributed by atoms with Crippen molar-refractivity contribution >= 4 is 5.91 Å². The third-order valence-electron chi connectivity index (χ3n) is 3.08. The van der Waals surface area contributed by atoms with E-state index in [1.165, 1.54) is 6.42 Å². The second-order valence-electron chi connectivity index (χ2n) is 5.23. The first-order chi connectivity index (χ1) is 8.18. The highest BCUT2D eigenvalue weighted by Gasteiger charge is 2.14. The van der Waals surface area contributed by atoms with Gasteiger partial charge in [0, 0.05) is 19.8 Å². The molecule has 4 heteroatoms. The Morgan fingerprint density at radius 3 is 2.88 bits per heavy atom. The first-order valence-corrected chi connectivity index (χ1v) is 6.73. The van der Waals surface area contributed by atoms with Gasteiger partial charge in [-0.2, -0.15) is 0 Å². The largest absolute Gasteiger partial charge is 0.381 e. The number of carbonyl (C=O) groups is 1. The van der Waals surface area contributed by atoms with E-state index in [9.17, 15) is 4.79 Å². The fraction of sp³-hybridized carbons (Fsp3) is 0.923. The zero-order chi connectivity index (χ0) is 12.5. The molecule has 1 aliphatic rings. The Bertz CT molecular complexity index is 213. The standard InChI is InChI=1S/C13H26N2O2/c1-11(2)3-7-15-13(16)9-14-6-4-12-5-8-17-10-12/h11-12,14H,3-10H2,1-2H3,(H,15,16). The van der Waals surface area contributed by atoms with E-state index in [1.807, 2.05) is 0 Å². The number of rotatable bonds is 8. The van der Waals surface area contributed by atoms with Gasteiger partial charge in [0.25, 0.3) is 0 Å². The number of ether oxygens (including phenoxy) is 1. The molecule has 0 aliphatic carbocycles. The zero-order valence-electron chi connectivity index (χ0n) is 11.1. The smallest absolute Gasteiger partial charge is 0.233 e. The Morgan fingerprint density at radius 1 is 1.41 bits per heavy atom. The van der Waals surface area contributed by atoms with E-state index < -0.39 is 0 Å². The van der Waals surface area contributed by atoms with E-state index in [0.29, 0.717) is 18.4 Å². The molecule has 1 atom stereocenters. The van der Waals surface area contributed by atoms with Crippen molar-refractivity contribution in [1.29, 1.82) is 0 Å². The molecule has 1 heterocycles. The molecule has 17 heavy (non-hydrogen) atoms. The SMILES string of the molecule is CC(C)CCNC(=O)CNCCC1CCOC1. The summed E-state index contributed by atoms with van der Waals surface area (Å²) >= 11 is 0. The average Bonchev–Trinajstić information content (AvgIpc) is 2.76. The molecule has 1 saturated heterocycles. The van der Waals surface area contributed by atoms with Crippen molar-refractivity contribution in [3.8, 4) is 0 Å². The molecule has 0 radical (unpaired) electrons. The Kier molecular flexibility index (Phi) is 7.21. The van der Waals surface area contributed by atoms with Gasteiger partial charge in [0.05, 0.1) is 6.54 Å². The van der Waals surface area contributed by atoms with Crippen molar-refractivity contribution < 1.29 is 9.53 Å². The highest BCUT2D eigenvalue weighted by molar-refractivity contribution is 5.77. The lowest BCUT2D eigenvalue weighted by Gasteiger charge is -2.09. The Morgan fingerprint density at radius 2 is 2.24 bits per heavy atom. The van der Waals surface area contributed by atoms with Crippen LogP contribution >= 0.6 is 0 Å². The van der Waals surface area contributed by atoms with Gasteiger partial charge in [-0.15, -0.1) is 0 Å². The Balaban J connectivity index is 1.89. The van der Waals surface area contributed by atoms with E-state index in [2.05, 4.69) is 24.5 Å². The number of hydrogen-bond acceptors (Lipinski definition) is 3. The topological polar surface area (TPSA) is 50.4 Å². The van der Waals surface area contributed by atoms with E-state index in [0.717, 1.165) is 39.1 Å². The van der Waals surface area contributed by atoms with Gasteiger partial charge in [0.15, 0.2) is 0 Å². The van der Waals surface area contributed by atoms with E-state index >= 15 is 0 Å². The molecular weight excluding hydrogens is 216 g/mol. The first-order valence-electron chi connectivity index (χ1n) is 6.73. The highest BCUT2D eigenvalue weighted by Crippen LogP contribution is 2.14. The maximum Gasteiger partial charge on any atom is 0.233 e. The molecule has 0 aromatic rings. The fourth-order valence-electron chi connectivity index (χ4n) is 1.88. The first kappa shape index (κ1) is 14.5. The van der Waals surface area contributed by atoms with E-state index in [1.54, 1.807) is 0 Å². The summed E-state index contributed by atoms with van der Waals surface area (Å²) in [5.41, 5.74) is 0. The van der Waals surface area contributed by atoms with Crippen LogP contribution in [-0.2, 0) is 9.53 Å². The normalized spacial score (nSPS) is 19.8. The number of carbonyl (C=O) groups excluding carboxylic acids is 1. The van der Waals surface area contributed by atoms with Crippen LogP contribution in [0.5, 0.6) is 0 Å². The molecule has 0 aromatic heterocycles. The lowest BCUT2D eigenvalue weighted by molar-refractivity contribution is -0.120. The van der Waals surface area contributed by atoms with E-state index in [-0.39, 0.29) is 5.91 Å². The van der Waals surface area contributed by atoms with Crippen LogP contribution in [0.3, 0.4) is 0 Å². The van der Waals surface area contributed by atoms with Crippen molar-refractivity contribution in [3.63, 3.8) is 0 Å². The third kappa shape index (κ3) is 7.34. The molecule has 2 N–H and O–H groups in total. The minimum atomic E-state index is 0.105. The summed E-state index contributed by atoms with van der Waals surface area (Å²) in [5.74, 6) is 1.44. The summed E-state index contributed by atoms with van der Waals surface area (Å²) < 4.78 is 5.30. The molecule has 1 rings (SSSR count). The molecule has 0 spiro atoms. The van der Waals surface area contributed by atoms with Crippen LogP contribution in [0.25, 0.3) is 0 Å². The molecule has 4 nitrogen and oxygen atoms in total. The zero-order valence-corrected chi connectivity index (χ0v) is 11.1. The number of nitrogens with one attached hydrogen (secondary N) is 2. The molecule has 1 aliphatic heterocycles. The van der Waals surface area contributed by atoms with Crippen LogP contribution in [0, 0.1) is 11.8 Å². The Hall–Kier alpha value is -0.610. The summed E-state index contributed by atoms with van der Waals surface area (Å²) in [6.07, 6.45) is 3.33. The van der Waals surface area contributed by atoms with Crippen molar-refractivity contribution in [2.45, 2.75) is 33.1 Å². The van der Waals surface area contributed by atoms with Gasteiger partial charge < -0.3 is 15.4 Å². The van der Waals surface area contributed by atoms with Crippen LogP contribution in [0.2, 0.25) is 0 Å². The average molecular weight is 242 g/mol. The van der Waals surface area contributed by atoms with Gasteiger partial charge in [-0.05, 0) is 37.6 Å². The van der Waals surface area contributed by atoms with Gasteiger partial charge in [0.1, 0.15) is 0 Å². The molecule has 100 valence electrons. The summed E-state index contributed by atoms with van der Waals surface area (Å²) in [7, 11) is 0. The van der Waals surface area contributed by atoms with E-state index in [4.69, 9.17) is 4.74 Å². The quantitative estimate of drug-likeness (QED) is 0.628. The second kappa shape index (κ2) is 8.48. The lowest BCUT2D eigenvalue weighted by Crippen LogP contribution is -2.35. The molecule has 1 fully saturated rings. The van der Waals surface area contributed by atoms with Crippen molar-refractivity contribution in [2.75, 3.05) is 32.8 Å². The lowest BCUT2D eigenvalue weighted by atomic mass is 10.1. The summed E-state index contributed by atoms with van der Waals surface area (Å²) in [4.78, 5) is 11.4. The molecule has 0 bridgehead atoms. The van der Waals surface area contributed by atoms with Crippen LogP contribution in [0.1, 0.15) is 33.1 Å². The predicted molar refractivity (Wildman–Crippen MR) is 68.9 cm³/mol. The van der Waals surface area contributed by atoms with Crippen LogP contribution < -0.4 is 10.6 Å². The molecule has 1 amide bonds. The van der Waals surface area contributed by atoms with Crippen molar-refractivity contribution in [3.05, 3.63) is 0 Å². The number of amides is 1. The molecule has 0 saturated carbocycles. The van der Waals surface area contributed by atoms with Crippen molar-refractivity contribution in [1.82, 2.24) is 10.6 Å². The van der Waals surface area contributed by atoms with Gasteiger partial charge in [0.2, 0.25) is 5.91 Å². The van der Waals surface area contributed by atoms with Gasteiger partial charge in [-0.1, -0.05) is 13.8 Å². The molecular formula is C13H26N2O2. The third-order valence-corrected chi connectivity index (χ3v) is 3.08. The van der Waals surface area contributed by atoms with Crippen molar-refractivity contribution in [2.24, 2.45) is 11.8 Å². The molecule has 0 aromatic carbocycles. The second-order valence-corrected chi connectivity index (χ2v) is 5.23. The minimum absolute atomic E-state index is 0.105. The summed E-state index contributed by atoms with van der Waals surface area (Å²) in [6.45, 7) is 8.25. The summed E-state index contributed by atoms with van der Waals surface area (Å²) in [6, 6.07) is 0. The van der Waals surface area contributed by atoms with Gasteiger partial charge in [-0.3, -0.25) is 4.79 Å². The van der Waals surface area contributed by atoms with Gasteiger partial charge >= 0.3 is 0 Å². The van der Waals surface area contributed by atoms with Crippen LogP contribution in [0.4, 0.5) is 0 Å². The maximum atomic E-state index is 11.4. The Labute approximate surface area is 104 Å². The minimum Gasteiger partial charge on any atom is -0.381 e.